The van der Waals surface area contributed by atoms with Gasteiger partial charge in [0.1, 0.15) is 24.5 Å². The summed E-state index contributed by atoms with van der Waals surface area (Å²) >= 11 is 0. The van der Waals surface area contributed by atoms with Gasteiger partial charge in [0.15, 0.2) is 5.82 Å². The SMILES string of the molecule is Cc1ncn([C@@H]2O[C@H](CO)[C@@H](F)C2N=[N+]=[N-])c1N=C(NC=O)NC(=O)C(C)C. The van der Waals surface area contributed by atoms with E-state index < -0.39 is 31.2 Å². The van der Waals surface area contributed by atoms with E-state index in [1.54, 1.807) is 20.8 Å². The van der Waals surface area contributed by atoms with Gasteiger partial charge in [-0.1, -0.05) is 19.0 Å². The number of guanidine groups is 1. The molecule has 1 aromatic heterocycles. The maximum absolute atomic E-state index is 14.4. The van der Waals surface area contributed by atoms with Crippen LogP contribution in [0.15, 0.2) is 16.4 Å². The highest BCUT2D eigenvalue weighted by molar-refractivity contribution is 6.02. The topological polar surface area (TPSA) is 167 Å². The number of halogens is 1. The number of hydrogen-bond acceptors (Lipinski definition) is 7. The molecule has 0 bridgehead atoms. The molecular formula is C15H21FN8O4. The zero-order chi connectivity index (χ0) is 20.8. The largest absolute Gasteiger partial charge is 0.394 e. The molecule has 0 aromatic carbocycles. The van der Waals surface area contributed by atoms with Crippen LogP contribution in [0.2, 0.25) is 0 Å². The van der Waals surface area contributed by atoms with Crippen LogP contribution in [0, 0.1) is 12.8 Å². The number of hydrogen-bond donors (Lipinski definition) is 3. The van der Waals surface area contributed by atoms with Crippen LogP contribution in [0.5, 0.6) is 0 Å². The Morgan fingerprint density at radius 1 is 1.61 bits per heavy atom. The van der Waals surface area contributed by atoms with E-state index in [4.69, 9.17) is 10.3 Å². The first-order valence-electron chi connectivity index (χ1n) is 8.41. The molecule has 1 aromatic rings. The third-order valence-corrected chi connectivity index (χ3v) is 4.05. The van der Waals surface area contributed by atoms with Gasteiger partial charge < -0.3 is 9.84 Å². The maximum Gasteiger partial charge on any atom is 0.229 e. The van der Waals surface area contributed by atoms with Crippen molar-refractivity contribution < 1.29 is 23.8 Å². The second-order valence-electron chi connectivity index (χ2n) is 6.32. The summed E-state index contributed by atoms with van der Waals surface area (Å²) in [5.74, 6) is -0.769. The third kappa shape index (κ3) is 4.44. The van der Waals surface area contributed by atoms with Crippen LogP contribution in [0.4, 0.5) is 10.2 Å². The second kappa shape index (κ2) is 9.26. The van der Waals surface area contributed by atoms with Crippen molar-refractivity contribution in [2.75, 3.05) is 6.61 Å². The average molecular weight is 396 g/mol. The quantitative estimate of drug-likeness (QED) is 0.160. The van der Waals surface area contributed by atoms with Crippen molar-refractivity contribution in [2.24, 2.45) is 16.0 Å². The van der Waals surface area contributed by atoms with Gasteiger partial charge in [-0.25, -0.2) is 9.37 Å². The first kappa shape index (κ1) is 21.3. The van der Waals surface area contributed by atoms with E-state index in [1.807, 2.05) is 0 Å². The number of azide groups is 1. The number of nitrogens with zero attached hydrogens (tertiary/aromatic N) is 6. The first-order chi connectivity index (χ1) is 13.3. The third-order valence-electron chi connectivity index (χ3n) is 4.05. The molecule has 0 radical (unpaired) electrons. The first-order valence-corrected chi connectivity index (χ1v) is 8.41. The molecule has 28 heavy (non-hydrogen) atoms. The number of carbonyl (C=O) groups is 2. The number of nitrogens with one attached hydrogen (secondary N) is 2. The van der Waals surface area contributed by atoms with Gasteiger partial charge in [0.25, 0.3) is 0 Å². The van der Waals surface area contributed by atoms with Crippen molar-refractivity contribution in [3.05, 3.63) is 22.5 Å². The maximum atomic E-state index is 14.4. The Morgan fingerprint density at radius 3 is 2.89 bits per heavy atom. The highest BCUT2D eigenvalue weighted by Gasteiger charge is 2.46. The van der Waals surface area contributed by atoms with Crippen LogP contribution in [0.3, 0.4) is 0 Å². The number of alkyl halides is 1. The van der Waals surface area contributed by atoms with Gasteiger partial charge in [0.2, 0.25) is 18.3 Å². The predicted molar refractivity (Wildman–Crippen MR) is 95.1 cm³/mol. The average Bonchev–Trinajstić information content (AvgIpc) is 3.16. The number of carbonyl (C=O) groups excluding carboxylic acids is 2. The van der Waals surface area contributed by atoms with E-state index in [1.165, 1.54) is 10.9 Å². The molecule has 0 aliphatic carbocycles. The second-order valence-corrected chi connectivity index (χ2v) is 6.32. The Balaban J connectivity index is 2.45. The van der Waals surface area contributed by atoms with Gasteiger partial charge >= 0.3 is 0 Å². The molecule has 0 spiro atoms. The summed E-state index contributed by atoms with van der Waals surface area (Å²) in [5, 5.41) is 17.4. The van der Waals surface area contributed by atoms with Crippen LogP contribution in [0.1, 0.15) is 25.8 Å². The highest BCUT2D eigenvalue weighted by atomic mass is 19.1. The molecule has 12 nitrogen and oxygen atoms in total. The number of amides is 2. The fourth-order valence-electron chi connectivity index (χ4n) is 2.56. The highest BCUT2D eigenvalue weighted by Crippen LogP contribution is 2.37. The van der Waals surface area contributed by atoms with Gasteiger partial charge in [0, 0.05) is 10.8 Å². The lowest BCUT2D eigenvalue weighted by Crippen LogP contribution is -2.42. The Hall–Kier alpha value is -3.02. The van der Waals surface area contributed by atoms with Gasteiger partial charge in [-0.05, 0) is 12.5 Å². The molecule has 1 saturated heterocycles. The number of ether oxygens (including phenoxy) is 1. The number of rotatable bonds is 6. The van der Waals surface area contributed by atoms with E-state index in [2.05, 4.69) is 30.6 Å². The number of aromatic nitrogens is 2. The predicted octanol–water partition coefficient (Wildman–Crippen LogP) is 0.604. The summed E-state index contributed by atoms with van der Waals surface area (Å²) in [7, 11) is 0. The Bertz CT molecular complexity index is 804. The number of imidazole rings is 1. The van der Waals surface area contributed by atoms with Crippen LogP contribution < -0.4 is 10.6 Å². The molecule has 0 saturated carbocycles. The lowest BCUT2D eigenvalue weighted by atomic mass is 10.1. The lowest BCUT2D eigenvalue weighted by Gasteiger charge is -2.18. The van der Waals surface area contributed by atoms with Gasteiger partial charge in [-0.3, -0.25) is 24.8 Å². The zero-order valence-corrected chi connectivity index (χ0v) is 15.5. The Morgan fingerprint density at radius 2 is 2.32 bits per heavy atom. The molecule has 13 heteroatoms. The minimum absolute atomic E-state index is 0.141. The zero-order valence-electron chi connectivity index (χ0n) is 15.5. The number of aliphatic imine (C=N–C) groups is 1. The van der Waals surface area contributed by atoms with Gasteiger partial charge in [0.05, 0.1) is 18.6 Å². The van der Waals surface area contributed by atoms with E-state index in [9.17, 15) is 19.1 Å². The molecule has 2 amide bonds. The fraction of sp³-hybridized carbons (Fsp3) is 0.600. The Labute approximate surface area is 159 Å². The van der Waals surface area contributed by atoms with Gasteiger partial charge in [-0.2, -0.15) is 4.99 Å². The number of aryl methyl sites for hydroxylation is 1. The molecule has 3 N–H and O–H groups in total. The minimum atomic E-state index is -1.74. The minimum Gasteiger partial charge on any atom is -0.394 e. The monoisotopic (exact) mass is 396 g/mol. The fourth-order valence-corrected chi connectivity index (χ4v) is 2.56. The summed E-state index contributed by atoms with van der Waals surface area (Å²) in [6.07, 6.45) is -2.41. The van der Waals surface area contributed by atoms with E-state index in [-0.39, 0.29) is 23.6 Å². The van der Waals surface area contributed by atoms with Crippen molar-refractivity contribution in [3.63, 3.8) is 0 Å². The normalized spacial score (nSPS) is 24.7. The van der Waals surface area contributed by atoms with E-state index >= 15 is 0 Å². The molecule has 1 fully saturated rings. The summed E-state index contributed by atoms with van der Waals surface area (Å²) in [6, 6.07) is -1.27. The molecule has 1 aliphatic rings. The Kier molecular flexibility index (Phi) is 7.04. The molecular weight excluding hydrogens is 375 g/mol. The summed E-state index contributed by atoms with van der Waals surface area (Å²) in [4.78, 5) is 33.7. The van der Waals surface area contributed by atoms with E-state index in [0.717, 1.165) is 0 Å². The summed E-state index contributed by atoms with van der Waals surface area (Å²) in [5.41, 5.74) is 9.12. The van der Waals surface area contributed by atoms with Crippen molar-refractivity contribution >= 4 is 24.1 Å². The molecule has 2 heterocycles. The van der Waals surface area contributed by atoms with Crippen LogP contribution >= 0.6 is 0 Å². The number of aliphatic hydroxyl groups is 1. The van der Waals surface area contributed by atoms with Crippen molar-refractivity contribution in [1.29, 1.82) is 0 Å². The van der Waals surface area contributed by atoms with Crippen molar-refractivity contribution in [1.82, 2.24) is 20.2 Å². The number of aliphatic hydroxyl groups excluding tert-OH is 1. The molecule has 1 aliphatic heterocycles. The van der Waals surface area contributed by atoms with Crippen LogP contribution in [0.25, 0.3) is 10.4 Å². The summed E-state index contributed by atoms with van der Waals surface area (Å²) in [6.45, 7) is 4.32. The van der Waals surface area contributed by atoms with Crippen LogP contribution in [-0.4, -0.2) is 57.9 Å². The molecule has 4 atom stereocenters. The molecule has 152 valence electrons. The van der Waals surface area contributed by atoms with Crippen LogP contribution in [-0.2, 0) is 14.3 Å². The standard InChI is InChI=1S/C15H21FN8O4/c1-7(2)13(27)21-15(19-6-26)20-12-8(3)18-5-24(12)14-11(22-23-17)10(16)9(4-25)28-14/h5-7,9-11,14,25H,4H2,1-3H3,(H2,19,20,21,26,27)/t9-,10-,11?,14-/m1/s1. The van der Waals surface area contributed by atoms with Gasteiger partial charge in [-0.15, -0.1) is 0 Å². The molecule has 2 rings (SSSR count). The van der Waals surface area contributed by atoms with Crippen molar-refractivity contribution in [3.8, 4) is 0 Å². The van der Waals surface area contributed by atoms with E-state index in [0.29, 0.717) is 12.1 Å². The lowest BCUT2D eigenvalue weighted by molar-refractivity contribution is -0.122. The smallest absolute Gasteiger partial charge is 0.229 e. The summed E-state index contributed by atoms with van der Waals surface area (Å²) < 4.78 is 21.2. The van der Waals surface area contributed by atoms with Crippen molar-refractivity contribution in [2.45, 2.75) is 45.3 Å². The molecule has 1 unspecified atom stereocenters.